The SMILES string of the molecule is CNC(=O)[C@H](C)NC(=O)C(NC(=O)CCOCCOCCNC(C)C)C(C)C.[HH].[HH].[HH].[HH]. The van der Waals surface area contributed by atoms with Crippen LogP contribution in [0.1, 0.15) is 46.7 Å². The van der Waals surface area contributed by atoms with Gasteiger partial charge in [0.2, 0.25) is 17.7 Å². The van der Waals surface area contributed by atoms with Gasteiger partial charge in [0.05, 0.1) is 26.4 Å². The Hall–Kier alpha value is -1.71. The first-order chi connectivity index (χ1) is 13.2. The average Bonchev–Trinajstić information content (AvgIpc) is 2.63. The monoisotopic (exact) mass is 410 g/mol. The number of hydrogen-bond acceptors (Lipinski definition) is 6. The van der Waals surface area contributed by atoms with Crippen molar-refractivity contribution in [2.75, 3.05) is 40.0 Å². The van der Waals surface area contributed by atoms with Crippen LogP contribution in [0.3, 0.4) is 0 Å². The van der Waals surface area contributed by atoms with Crippen molar-refractivity contribution in [3.05, 3.63) is 0 Å². The minimum atomic E-state index is -0.712. The molecule has 0 radical (unpaired) electrons. The van der Waals surface area contributed by atoms with Crippen molar-refractivity contribution in [3.8, 4) is 0 Å². The summed E-state index contributed by atoms with van der Waals surface area (Å²) in [5, 5.41) is 11.0. The van der Waals surface area contributed by atoms with Crippen LogP contribution in [0.5, 0.6) is 0 Å². The summed E-state index contributed by atoms with van der Waals surface area (Å²) in [6.45, 7) is 11.9. The lowest BCUT2D eigenvalue weighted by Crippen LogP contribution is -2.54. The number of rotatable bonds is 15. The molecular weight excluding hydrogens is 364 g/mol. The van der Waals surface area contributed by atoms with E-state index in [2.05, 4.69) is 35.1 Å². The number of hydrogen-bond donors (Lipinski definition) is 4. The lowest BCUT2D eigenvalue weighted by Gasteiger charge is -2.23. The highest BCUT2D eigenvalue weighted by Gasteiger charge is 2.26. The summed E-state index contributed by atoms with van der Waals surface area (Å²) < 4.78 is 10.8. The van der Waals surface area contributed by atoms with Gasteiger partial charge >= 0.3 is 0 Å². The second-order valence-electron chi connectivity index (χ2n) is 7.22. The van der Waals surface area contributed by atoms with Crippen molar-refractivity contribution < 1.29 is 29.6 Å². The molecular formula is C19H46N4O5. The topological polar surface area (TPSA) is 118 Å². The van der Waals surface area contributed by atoms with Crippen molar-refractivity contribution in [2.45, 2.75) is 59.2 Å². The van der Waals surface area contributed by atoms with E-state index in [4.69, 9.17) is 9.47 Å². The molecule has 0 rings (SSSR count). The first kappa shape index (κ1) is 26.3. The van der Waals surface area contributed by atoms with E-state index in [-0.39, 0.29) is 42.4 Å². The molecule has 0 bridgehead atoms. The van der Waals surface area contributed by atoms with Gasteiger partial charge in [-0.3, -0.25) is 14.4 Å². The molecule has 9 nitrogen and oxygen atoms in total. The molecule has 3 amide bonds. The normalized spacial score (nSPS) is 13.3. The summed E-state index contributed by atoms with van der Waals surface area (Å²) in [5.41, 5.74) is 0. The standard InChI is InChI=1S/C19H38N4O5.4H2/c1-13(2)17(19(26)22-15(5)18(25)20-6)23-16(24)7-9-27-11-12-28-10-8-21-14(3)4;;;;/h13-15,17,21H,7-12H2,1-6H3,(H,20,25)(H,22,26)(H,23,24);4*1H/t15-,17?;;;;/m0..../s1. The zero-order valence-corrected chi connectivity index (χ0v) is 18.1. The van der Waals surface area contributed by atoms with Gasteiger partial charge < -0.3 is 30.7 Å². The zero-order chi connectivity index (χ0) is 21.5. The van der Waals surface area contributed by atoms with Crippen molar-refractivity contribution in [2.24, 2.45) is 5.92 Å². The lowest BCUT2D eigenvalue weighted by molar-refractivity contribution is -0.133. The molecule has 0 aliphatic rings. The Morgan fingerprint density at radius 3 is 2.00 bits per heavy atom. The Balaban J connectivity index is -0.000000607. The molecule has 0 heterocycles. The fourth-order valence-electron chi connectivity index (χ4n) is 2.27. The maximum Gasteiger partial charge on any atom is 0.243 e. The van der Waals surface area contributed by atoms with E-state index in [9.17, 15) is 14.4 Å². The molecule has 4 N–H and O–H groups in total. The van der Waals surface area contributed by atoms with E-state index in [1.807, 2.05) is 13.8 Å². The smallest absolute Gasteiger partial charge is 0.243 e. The number of amides is 3. The van der Waals surface area contributed by atoms with E-state index in [0.29, 0.717) is 25.9 Å². The molecule has 0 aliphatic carbocycles. The van der Waals surface area contributed by atoms with Crippen molar-refractivity contribution >= 4 is 17.7 Å². The summed E-state index contributed by atoms with van der Waals surface area (Å²) >= 11 is 0. The first-order valence-electron chi connectivity index (χ1n) is 9.89. The van der Waals surface area contributed by atoms with Gasteiger partial charge in [0, 0.05) is 31.8 Å². The van der Waals surface area contributed by atoms with E-state index >= 15 is 0 Å². The largest absolute Gasteiger partial charge is 0.379 e. The third-order valence-corrected chi connectivity index (χ3v) is 3.91. The Bertz CT molecular complexity index is 489. The predicted octanol–water partition coefficient (Wildman–Crippen LogP) is 0.783. The van der Waals surface area contributed by atoms with Gasteiger partial charge in [-0.15, -0.1) is 0 Å². The maximum atomic E-state index is 12.3. The Labute approximate surface area is 174 Å². The zero-order valence-electron chi connectivity index (χ0n) is 18.1. The fourth-order valence-corrected chi connectivity index (χ4v) is 2.27. The van der Waals surface area contributed by atoms with Gasteiger partial charge in [-0.25, -0.2) is 0 Å². The van der Waals surface area contributed by atoms with Gasteiger partial charge in [-0.2, -0.15) is 0 Å². The lowest BCUT2D eigenvalue weighted by atomic mass is 10.0. The Morgan fingerprint density at radius 2 is 1.46 bits per heavy atom. The Kier molecular flexibility index (Phi) is 14.3. The summed E-state index contributed by atoms with van der Waals surface area (Å²) in [6.07, 6.45) is 0.149. The predicted molar refractivity (Wildman–Crippen MR) is 116 cm³/mol. The molecule has 172 valence electrons. The van der Waals surface area contributed by atoms with E-state index in [1.165, 1.54) is 7.05 Å². The number of nitrogens with one attached hydrogen (secondary N) is 4. The molecule has 0 aliphatic heterocycles. The summed E-state index contributed by atoms with van der Waals surface area (Å²) in [5.74, 6) is -1.07. The van der Waals surface area contributed by atoms with Crippen LogP contribution in [0.25, 0.3) is 0 Å². The molecule has 28 heavy (non-hydrogen) atoms. The molecule has 0 saturated carbocycles. The minimum absolute atomic E-state index is 0. The quantitative estimate of drug-likeness (QED) is 0.296. The second-order valence-corrected chi connectivity index (χ2v) is 7.22. The van der Waals surface area contributed by atoms with Crippen LogP contribution in [-0.2, 0) is 23.9 Å². The highest BCUT2D eigenvalue weighted by molar-refractivity contribution is 5.91. The number of likely N-dealkylation sites (N-methyl/N-ethyl adjacent to an activating group) is 1. The Morgan fingerprint density at radius 1 is 0.857 bits per heavy atom. The van der Waals surface area contributed by atoms with Crippen LogP contribution >= 0.6 is 0 Å². The average molecular weight is 411 g/mol. The molecule has 0 saturated heterocycles. The van der Waals surface area contributed by atoms with Gasteiger partial charge in [-0.1, -0.05) is 27.7 Å². The molecule has 0 aromatic rings. The highest BCUT2D eigenvalue weighted by atomic mass is 16.5. The fraction of sp³-hybridized carbons (Fsp3) is 0.842. The second kappa shape index (κ2) is 15.2. The number of ether oxygens (including phenoxy) is 2. The van der Waals surface area contributed by atoms with Gasteiger partial charge in [0.25, 0.3) is 0 Å². The van der Waals surface area contributed by atoms with Crippen LogP contribution in [-0.4, -0.2) is 75.9 Å². The molecule has 2 atom stereocenters. The third kappa shape index (κ3) is 12.6. The minimum Gasteiger partial charge on any atom is -0.379 e. The summed E-state index contributed by atoms with van der Waals surface area (Å²) in [7, 11) is 1.50. The summed E-state index contributed by atoms with van der Waals surface area (Å²) in [6, 6.07) is -0.951. The maximum absolute atomic E-state index is 12.3. The van der Waals surface area contributed by atoms with Crippen molar-refractivity contribution in [1.82, 2.24) is 21.3 Å². The van der Waals surface area contributed by atoms with E-state index < -0.39 is 12.1 Å². The number of carbonyl (C=O) groups excluding carboxylic acids is 3. The van der Waals surface area contributed by atoms with E-state index in [1.54, 1.807) is 6.92 Å². The molecule has 1 unspecified atom stereocenters. The molecule has 9 heteroatoms. The van der Waals surface area contributed by atoms with Crippen LogP contribution in [0.15, 0.2) is 0 Å². The van der Waals surface area contributed by atoms with Crippen LogP contribution in [0.2, 0.25) is 0 Å². The van der Waals surface area contributed by atoms with Crippen LogP contribution in [0.4, 0.5) is 0 Å². The molecule has 0 spiro atoms. The number of carbonyl (C=O) groups is 3. The van der Waals surface area contributed by atoms with Crippen LogP contribution < -0.4 is 21.3 Å². The van der Waals surface area contributed by atoms with Gasteiger partial charge in [0.1, 0.15) is 12.1 Å². The van der Waals surface area contributed by atoms with E-state index in [0.717, 1.165) is 6.54 Å². The molecule has 0 fully saturated rings. The van der Waals surface area contributed by atoms with Gasteiger partial charge in [-0.05, 0) is 12.8 Å². The van der Waals surface area contributed by atoms with Crippen LogP contribution in [0, 0.1) is 5.92 Å². The van der Waals surface area contributed by atoms with Gasteiger partial charge in [0.15, 0.2) is 0 Å². The highest BCUT2D eigenvalue weighted by Crippen LogP contribution is 2.03. The molecule has 0 aromatic carbocycles. The summed E-state index contributed by atoms with van der Waals surface area (Å²) in [4.78, 5) is 36.0. The molecule has 0 aromatic heterocycles. The third-order valence-electron chi connectivity index (χ3n) is 3.91. The first-order valence-corrected chi connectivity index (χ1v) is 9.89. The van der Waals surface area contributed by atoms with Crippen molar-refractivity contribution in [1.29, 1.82) is 0 Å². The van der Waals surface area contributed by atoms with Crippen molar-refractivity contribution in [3.63, 3.8) is 0 Å².